The fourth-order valence-electron chi connectivity index (χ4n) is 1.26. The first-order valence-corrected chi connectivity index (χ1v) is 5.29. The molecule has 0 radical (unpaired) electrons. The molecule has 0 aliphatic carbocycles. The fraction of sp³-hybridized carbons (Fsp3) is 0.909. The zero-order valence-electron chi connectivity index (χ0n) is 9.29. The first-order chi connectivity index (χ1) is 6.07. The second-order valence-electron chi connectivity index (χ2n) is 4.15. The molecule has 0 aromatic heterocycles. The minimum atomic E-state index is 0.329. The number of hydrogen-bond donors (Lipinski definition) is 1. The molecule has 0 bridgehead atoms. The molecule has 2 N–H and O–H groups in total. The molecule has 0 saturated carbocycles. The first kappa shape index (κ1) is 12.6. The number of hydrogen-bond acceptors (Lipinski definition) is 2. The molecule has 0 fully saturated rings. The molecular weight excluding hydrogens is 160 g/mol. The van der Waals surface area contributed by atoms with Crippen molar-refractivity contribution in [3.8, 4) is 0 Å². The van der Waals surface area contributed by atoms with Crippen LogP contribution in [0.2, 0.25) is 0 Å². The van der Waals surface area contributed by atoms with Crippen molar-refractivity contribution >= 4 is 6.72 Å². The molecule has 0 aliphatic rings. The van der Waals surface area contributed by atoms with Crippen molar-refractivity contribution in [3.05, 3.63) is 0 Å². The number of nitrogens with two attached hydrogens (primary N) is 1. The maximum Gasteiger partial charge on any atom is 0.0464 e. The van der Waals surface area contributed by atoms with Crippen LogP contribution in [0.1, 0.15) is 46.5 Å². The van der Waals surface area contributed by atoms with Gasteiger partial charge in [-0.1, -0.05) is 19.8 Å². The smallest absolute Gasteiger partial charge is 0.0464 e. The standard InChI is InChI=1S/C11H24N2/c1-9(11(3)12)7-5-6-8-10(2)13-4/h9-11H,4-8,12H2,1-3H3. The third-order valence-electron chi connectivity index (χ3n) is 2.74. The lowest BCUT2D eigenvalue weighted by Crippen LogP contribution is -2.23. The van der Waals surface area contributed by atoms with Crippen molar-refractivity contribution < 1.29 is 0 Å². The van der Waals surface area contributed by atoms with Gasteiger partial charge in [-0.05, 0) is 39.3 Å². The maximum absolute atomic E-state index is 5.78. The fourth-order valence-corrected chi connectivity index (χ4v) is 1.26. The lowest BCUT2D eigenvalue weighted by molar-refractivity contribution is 0.422. The Morgan fingerprint density at radius 2 is 1.69 bits per heavy atom. The Morgan fingerprint density at radius 3 is 2.15 bits per heavy atom. The van der Waals surface area contributed by atoms with Crippen LogP contribution in [0.25, 0.3) is 0 Å². The average Bonchev–Trinajstić information content (AvgIpc) is 2.11. The molecule has 0 aliphatic heterocycles. The molecular formula is C11H24N2. The van der Waals surface area contributed by atoms with Gasteiger partial charge in [0.1, 0.15) is 0 Å². The third kappa shape index (κ3) is 6.76. The molecule has 78 valence electrons. The van der Waals surface area contributed by atoms with Gasteiger partial charge < -0.3 is 5.73 Å². The van der Waals surface area contributed by atoms with E-state index in [4.69, 9.17) is 5.73 Å². The van der Waals surface area contributed by atoms with E-state index >= 15 is 0 Å². The Morgan fingerprint density at radius 1 is 1.15 bits per heavy atom. The quantitative estimate of drug-likeness (QED) is 0.479. The summed E-state index contributed by atoms with van der Waals surface area (Å²) < 4.78 is 0. The van der Waals surface area contributed by atoms with Crippen molar-refractivity contribution in [1.82, 2.24) is 0 Å². The van der Waals surface area contributed by atoms with Gasteiger partial charge >= 0.3 is 0 Å². The molecule has 3 unspecified atom stereocenters. The number of nitrogens with zero attached hydrogens (tertiary/aromatic N) is 1. The summed E-state index contributed by atoms with van der Waals surface area (Å²) in [6.07, 6.45) is 4.91. The molecule has 2 heteroatoms. The maximum atomic E-state index is 5.78. The van der Waals surface area contributed by atoms with E-state index < -0.39 is 0 Å². The Balaban J connectivity index is 3.30. The Hall–Kier alpha value is -0.370. The topological polar surface area (TPSA) is 38.4 Å². The van der Waals surface area contributed by atoms with Crippen LogP contribution in [0.3, 0.4) is 0 Å². The van der Waals surface area contributed by atoms with Crippen LogP contribution in [0, 0.1) is 5.92 Å². The largest absolute Gasteiger partial charge is 0.328 e. The predicted molar refractivity (Wildman–Crippen MR) is 60.3 cm³/mol. The van der Waals surface area contributed by atoms with E-state index in [2.05, 4.69) is 32.5 Å². The van der Waals surface area contributed by atoms with E-state index in [9.17, 15) is 0 Å². The minimum absolute atomic E-state index is 0.329. The van der Waals surface area contributed by atoms with Gasteiger partial charge in [0.2, 0.25) is 0 Å². The summed E-state index contributed by atoms with van der Waals surface area (Å²) in [5.41, 5.74) is 5.78. The molecule has 3 atom stereocenters. The van der Waals surface area contributed by atoms with Gasteiger partial charge in [-0.3, -0.25) is 4.99 Å². The summed E-state index contributed by atoms with van der Waals surface area (Å²) in [4.78, 5) is 3.97. The molecule has 0 aromatic carbocycles. The first-order valence-electron chi connectivity index (χ1n) is 5.29. The van der Waals surface area contributed by atoms with Crippen LogP contribution < -0.4 is 5.73 Å². The van der Waals surface area contributed by atoms with Gasteiger partial charge in [-0.25, -0.2) is 0 Å². The third-order valence-corrected chi connectivity index (χ3v) is 2.74. The Bertz CT molecular complexity index is 132. The van der Waals surface area contributed by atoms with Gasteiger partial charge in [0.15, 0.2) is 0 Å². The van der Waals surface area contributed by atoms with Crippen molar-refractivity contribution in [2.24, 2.45) is 16.6 Å². The highest BCUT2D eigenvalue weighted by atomic mass is 14.7. The second kappa shape index (κ2) is 7.07. The van der Waals surface area contributed by atoms with Crippen LogP contribution >= 0.6 is 0 Å². The summed E-state index contributed by atoms with van der Waals surface area (Å²) in [5, 5.41) is 0. The zero-order valence-corrected chi connectivity index (χ0v) is 9.29. The van der Waals surface area contributed by atoms with Crippen LogP contribution in [0.4, 0.5) is 0 Å². The monoisotopic (exact) mass is 184 g/mol. The van der Waals surface area contributed by atoms with Crippen molar-refractivity contribution in [1.29, 1.82) is 0 Å². The van der Waals surface area contributed by atoms with E-state index in [1.165, 1.54) is 19.3 Å². The number of aliphatic imine (C=N–C) groups is 1. The molecule has 0 spiro atoms. The van der Waals surface area contributed by atoms with Crippen LogP contribution in [0.15, 0.2) is 4.99 Å². The van der Waals surface area contributed by atoms with E-state index in [1.54, 1.807) is 0 Å². The lowest BCUT2D eigenvalue weighted by atomic mass is 9.96. The Labute approximate surface area is 82.6 Å². The highest BCUT2D eigenvalue weighted by Gasteiger charge is 2.06. The van der Waals surface area contributed by atoms with Crippen LogP contribution in [0.5, 0.6) is 0 Å². The molecule has 2 nitrogen and oxygen atoms in total. The van der Waals surface area contributed by atoms with Gasteiger partial charge in [-0.15, -0.1) is 0 Å². The van der Waals surface area contributed by atoms with Gasteiger partial charge in [0.25, 0.3) is 0 Å². The molecule has 0 heterocycles. The molecule has 0 rings (SSSR count). The highest BCUT2D eigenvalue weighted by Crippen LogP contribution is 2.13. The minimum Gasteiger partial charge on any atom is -0.328 e. The van der Waals surface area contributed by atoms with Crippen molar-refractivity contribution in [2.75, 3.05) is 0 Å². The molecule has 0 saturated heterocycles. The van der Waals surface area contributed by atoms with Crippen molar-refractivity contribution in [3.63, 3.8) is 0 Å². The number of unbranched alkanes of at least 4 members (excludes halogenated alkanes) is 1. The van der Waals surface area contributed by atoms with Crippen LogP contribution in [-0.4, -0.2) is 18.8 Å². The second-order valence-corrected chi connectivity index (χ2v) is 4.15. The summed E-state index contributed by atoms with van der Waals surface area (Å²) in [5.74, 6) is 0.645. The summed E-state index contributed by atoms with van der Waals surface area (Å²) in [7, 11) is 0. The summed E-state index contributed by atoms with van der Waals surface area (Å²) in [6.45, 7) is 9.95. The van der Waals surface area contributed by atoms with E-state index in [0.29, 0.717) is 18.0 Å². The normalized spacial score (nSPS) is 17.8. The summed E-state index contributed by atoms with van der Waals surface area (Å²) in [6, 6.07) is 0.751. The lowest BCUT2D eigenvalue weighted by Gasteiger charge is -2.15. The average molecular weight is 184 g/mol. The predicted octanol–water partition coefficient (Wildman–Crippen LogP) is 2.62. The Kier molecular flexibility index (Phi) is 6.87. The van der Waals surface area contributed by atoms with Crippen molar-refractivity contribution in [2.45, 2.75) is 58.5 Å². The molecule has 0 aromatic rings. The van der Waals surface area contributed by atoms with E-state index in [-0.39, 0.29) is 0 Å². The highest BCUT2D eigenvalue weighted by molar-refractivity contribution is 5.23. The molecule has 0 amide bonds. The number of rotatable bonds is 7. The van der Waals surface area contributed by atoms with E-state index in [1.807, 2.05) is 0 Å². The van der Waals surface area contributed by atoms with E-state index in [0.717, 1.165) is 6.42 Å². The molecule has 13 heavy (non-hydrogen) atoms. The van der Waals surface area contributed by atoms with Gasteiger partial charge in [0, 0.05) is 12.1 Å². The van der Waals surface area contributed by atoms with Crippen LogP contribution in [-0.2, 0) is 0 Å². The zero-order chi connectivity index (χ0) is 10.3. The summed E-state index contributed by atoms with van der Waals surface area (Å²) >= 11 is 0. The van der Waals surface area contributed by atoms with Gasteiger partial charge in [0.05, 0.1) is 0 Å². The van der Waals surface area contributed by atoms with Gasteiger partial charge in [-0.2, -0.15) is 0 Å². The SMILES string of the molecule is C=NC(C)CCCCC(C)C(C)N.